The molecule has 0 aromatic heterocycles. The van der Waals surface area contributed by atoms with Crippen LogP contribution in [-0.4, -0.2) is 19.0 Å². The summed E-state index contributed by atoms with van der Waals surface area (Å²) in [4.78, 5) is 12.3. The molecular weight excluding hydrogens is 200 g/mol. The molecule has 92 valence electrons. The minimum absolute atomic E-state index is 0.0828. The Balaban J connectivity index is 1.91. The third kappa shape index (κ3) is 2.65. The SMILES string of the molecule is CCC1CCCC(C(=O)C(OC)C2CC2)C1. The second-order valence-corrected chi connectivity index (χ2v) is 5.53. The molecule has 0 aliphatic heterocycles. The van der Waals surface area contributed by atoms with Crippen LogP contribution < -0.4 is 0 Å². The van der Waals surface area contributed by atoms with Gasteiger partial charge in [-0.15, -0.1) is 0 Å². The van der Waals surface area contributed by atoms with Gasteiger partial charge in [-0.3, -0.25) is 4.79 Å². The van der Waals surface area contributed by atoms with Crippen molar-refractivity contribution >= 4 is 5.78 Å². The molecule has 2 aliphatic rings. The summed E-state index contributed by atoms with van der Waals surface area (Å²) >= 11 is 0. The van der Waals surface area contributed by atoms with E-state index in [4.69, 9.17) is 4.74 Å². The number of ketones is 1. The maximum absolute atomic E-state index is 12.3. The van der Waals surface area contributed by atoms with E-state index in [-0.39, 0.29) is 6.10 Å². The molecule has 2 rings (SSSR count). The molecule has 2 heteroatoms. The van der Waals surface area contributed by atoms with Crippen molar-refractivity contribution in [3.8, 4) is 0 Å². The molecule has 2 nitrogen and oxygen atoms in total. The third-order valence-electron chi connectivity index (χ3n) is 4.35. The summed E-state index contributed by atoms with van der Waals surface area (Å²) in [6.45, 7) is 2.24. The average molecular weight is 224 g/mol. The smallest absolute Gasteiger partial charge is 0.164 e. The standard InChI is InChI=1S/C14H24O2/c1-3-10-5-4-6-12(9-10)13(15)14(16-2)11-7-8-11/h10-12,14H,3-9H2,1-2H3. The first-order valence-corrected chi connectivity index (χ1v) is 6.82. The highest BCUT2D eigenvalue weighted by Gasteiger charge is 2.40. The lowest BCUT2D eigenvalue weighted by atomic mass is 9.77. The Kier molecular flexibility index (Phi) is 4.01. The predicted octanol–water partition coefficient (Wildman–Crippen LogP) is 3.20. The molecule has 2 saturated carbocycles. The van der Waals surface area contributed by atoms with Crippen molar-refractivity contribution in [2.75, 3.05) is 7.11 Å². The van der Waals surface area contributed by atoms with Crippen LogP contribution in [0.1, 0.15) is 51.9 Å². The van der Waals surface area contributed by atoms with Gasteiger partial charge in [0.25, 0.3) is 0 Å². The van der Waals surface area contributed by atoms with Crippen LogP contribution in [0.4, 0.5) is 0 Å². The highest BCUT2D eigenvalue weighted by atomic mass is 16.5. The van der Waals surface area contributed by atoms with Gasteiger partial charge in [-0.2, -0.15) is 0 Å². The number of methoxy groups -OCH3 is 1. The molecular formula is C14H24O2. The number of hydrogen-bond acceptors (Lipinski definition) is 2. The molecule has 0 bridgehead atoms. The number of carbonyl (C=O) groups excluding carboxylic acids is 1. The number of ether oxygens (including phenoxy) is 1. The van der Waals surface area contributed by atoms with Gasteiger partial charge in [0, 0.05) is 13.0 Å². The molecule has 0 radical (unpaired) electrons. The van der Waals surface area contributed by atoms with Crippen molar-refractivity contribution in [3.05, 3.63) is 0 Å². The van der Waals surface area contributed by atoms with Gasteiger partial charge < -0.3 is 4.74 Å². The molecule has 3 unspecified atom stereocenters. The molecule has 0 amide bonds. The van der Waals surface area contributed by atoms with E-state index in [0.717, 1.165) is 18.8 Å². The van der Waals surface area contributed by atoms with Gasteiger partial charge in [-0.1, -0.05) is 26.2 Å². The van der Waals surface area contributed by atoms with E-state index in [1.54, 1.807) is 7.11 Å². The van der Waals surface area contributed by atoms with Crippen molar-refractivity contribution in [2.45, 2.75) is 58.0 Å². The Morgan fingerprint density at radius 3 is 2.62 bits per heavy atom. The van der Waals surface area contributed by atoms with Crippen LogP contribution in [-0.2, 0) is 9.53 Å². The van der Waals surface area contributed by atoms with Crippen LogP contribution >= 0.6 is 0 Å². The fourth-order valence-electron chi connectivity index (χ4n) is 3.09. The van der Waals surface area contributed by atoms with Gasteiger partial charge in [-0.05, 0) is 37.5 Å². The summed E-state index contributed by atoms with van der Waals surface area (Å²) in [5, 5.41) is 0. The molecule has 16 heavy (non-hydrogen) atoms. The topological polar surface area (TPSA) is 26.3 Å². The molecule has 2 fully saturated rings. The quantitative estimate of drug-likeness (QED) is 0.717. The zero-order valence-corrected chi connectivity index (χ0v) is 10.6. The van der Waals surface area contributed by atoms with Crippen LogP contribution in [0, 0.1) is 17.8 Å². The van der Waals surface area contributed by atoms with Gasteiger partial charge >= 0.3 is 0 Å². The van der Waals surface area contributed by atoms with Crippen LogP contribution in [0.2, 0.25) is 0 Å². The Morgan fingerprint density at radius 1 is 1.31 bits per heavy atom. The summed E-state index contributed by atoms with van der Waals surface area (Å²) in [5.74, 6) is 2.02. The van der Waals surface area contributed by atoms with Crippen molar-refractivity contribution in [2.24, 2.45) is 17.8 Å². The van der Waals surface area contributed by atoms with Crippen molar-refractivity contribution in [1.29, 1.82) is 0 Å². The van der Waals surface area contributed by atoms with Crippen LogP contribution in [0.25, 0.3) is 0 Å². The summed E-state index contributed by atoms with van der Waals surface area (Å²) in [7, 11) is 1.70. The fraction of sp³-hybridized carbons (Fsp3) is 0.929. The van der Waals surface area contributed by atoms with Gasteiger partial charge in [0.05, 0.1) is 0 Å². The highest BCUT2D eigenvalue weighted by molar-refractivity contribution is 5.86. The van der Waals surface area contributed by atoms with Crippen LogP contribution in [0.5, 0.6) is 0 Å². The minimum Gasteiger partial charge on any atom is -0.373 e. The van der Waals surface area contributed by atoms with E-state index in [1.807, 2.05) is 0 Å². The van der Waals surface area contributed by atoms with E-state index in [2.05, 4.69) is 6.92 Å². The first-order chi connectivity index (χ1) is 7.76. The number of carbonyl (C=O) groups is 1. The van der Waals surface area contributed by atoms with E-state index < -0.39 is 0 Å². The summed E-state index contributed by atoms with van der Waals surface area (Å²) in [5.41, 5.74) is 0. The largest absolute Gasteiger partial charge is 0.373 e. The number of hydrogen-bond donors (Lipinski definition) is 0. The molecule has 0 aromatic carbocycles. The van der Waals surface area contributed by atoms with Crippen molar-refractivity contribution in [1.82, 2.24) is 0 Å². The Labute approximate surface area is 98.7 Å². The first-order valence-electron chi connectivity index (χ1n) is 6.82. The number of Topliss-reactive ketones (excluding diaryl/α,β-unsaturated/α-hetero) is 1. The molecule has 0 heterocycles. The monoisotopic (exact) mass is 224 g/mol. The second-order valence-electron chi connectivity index (χ2n) is 5.53. The lowest BCUT2D eigenvalue weighted by Crippen LogP contribution is -2.34. The van der Waals surface area contributed by atoms with Gasteiger partial charge in [0.2, 0.25) is 0 Å². The molecule has 0 aromatic rings. The lowest BCUT2D eigenvalue weighted by Gasteiger charge is -2.29. The second kappa shape index (κ2) is 5.31. The molecule has 2 aliphatic carbocycles. The van der Waals surface area contributed by atoms with Gasteiger partial charge in [0.15, 0.2) is 5.78 Å². The van der Waals surface area contributed by atoms with Crippen LogP contribution in [0.15, 0.2) is 0 Å². The summed E-state index contributed by atoms with van der Waals surface area (Å²) in [6.07, 6.45) is 8.29. The summed E-state index contributed by atoms with van der Waals surface area (Å²) in [6, 6.07) is 0. The molecule has 3 atom stereocenters. The van der Waals surface area contributed by atoms with Crippen molar-refractivity contribution in [3.63, 3.8) is 0 Å². The van der Waals surface area contributed by atoms with Crippen LogP contribution in [0.3, 0.4) is 0 Å². The maximum Gasteiger partial charge on any atom is 0.164 e. The minimum atomic E-state index is -0.0828. The fourth-order valence-corrected chi connectivity index (χ4v) is 3.09. The normalized spacial score (nSPS) is 32.4. The van der Waals surface area contributed by atoms with E-state index in [0.29, 0.717) is 17.6 Å². The zero-order chi connectivity index (χ0) is 11.5. The average Bonchev–Trinajstić information content (AvgIpc) is 3.14. The predicted molar refractivity (Wildman–Crippen MR) is 64.3 cm³/mol. The molecule has 0 saturated heterocycles. The zero-order valence-electron chi connectivity index (χ0n) is 10.6. The van der Waals surface area contributed by atoms with E-state index in [1.165, 1.54) is 32.1 Å². The maximum atomic E-state index is 12.3. The lowest BCUT2D eigenvalue weighted by molar-refractivity contribution is -0.135. The summed E-state index contributed by atoms with van der Waals surface area (Å²) < 4.78 is 5.41. The van der Waals surface area contributed by atoms with Crippen molar-refractivity contribution < 1.29 is 9.53 Å². The third-order valence-corrected chi connectivity index (χ3v) is 4.35. The molecule has 0 spiro atoms. The van der Waals surface area contributed by atoms with E-state index >= 15 is 0 Å². The highest BCUT2D eigenvalue weighted by Crippen LogP contribution is 2.39. The Morgan fingerprint density at radius 2 is 2.06 bits per heavy atom. The van der Waals surface area contributed by atoms with Gasteiger partial charge in [-0.25, -0.2) is 0 Å². The van der Waals surface area contributed by atoms with E-state index in [9.17, 15) is 4.79 Å². The first kappa shape index (κ1) is 12.1. The Bertz CT molecular complexity index is 245. The molecule has 0 N–H and O–H groups in total. The van der Waals surface area contributed by atoms with Gasteiger partial charge in [0.1, 0.15) is 6.10 Å². The number of rotatable bonds is 5. The Hall–Kier alpha value is -0.370.